The quantitative estimate of drug-likeness (QED) is 0.613. The number of aromatic nitrogens is 2. The molecule has 3 N–H and O–H groups in total. The monoisotopic (exact) mass is 177 g/mol. The highest BCUT2D eigenvalue weighted by Gasteiger charge is 2.02. The predicted molar refractivity (Wildman–Crippen MR) is 53.2 cm³/mol. The molecule has 0 aliphatic rings. The molecular weight excluding hydrogens is 166 g/mol. The summed E-state index contributed by atoms with van der Waals surface area (Å²) in [6, 6.07) is 3.90. The Bertz CT molecular complexity index is 495. The zero-order valence-electron chi connectivity index (χ0n) is 7.56. The highest BCUT2D eigenvalue weighted by molar-refractivity contribution is 5.82. The maximum atomic E-state index is 11.0. The number of rotatable bonds is 1. The first kappa shape index (κ1) is 7.91. The average molecular weight is 177 g/mol. The highest BCUT2D eigenvalue weighted by atomic mass is 16.1. The Hall–Kier alpha value is -1.71. The second-order valence-electron chi connectivity index (χ2n) is 3.04. The van der Waals surface area contributed by atoms with E-state index in [2.05, 4.69) is 15.3 Å². The molecule has 0 saturated carbocycles. The summed E-state index contributed by atoms with van der Waals surface area (Å²) in [7, 11) is 1.85. The van der Waals surface area contributed by atoms with Gasteiger partial charge < -0.3 is 15.3 Å². The van der Waals surface area contributed by atoms with E-state index in [-0.39, 0.29) is 5.69 Å². The highest BCUT2D eigenvalue weighted by Crippen LogP contribution is 2.18. The minimum absolute atomic E-state index is 0.161. The number of fused-ring (bicyclic) bond motifs is 1. The summed E-state index contributed by atoms with van der Waals surface area (Å²) in [5, 5.41) is 3.03. The smallest absolute Gasteiger partial charge is 0.323 e. The fraction of sp³-hybridized carbons (Fsp3) is 0.222. The van der Waals surface area contributed by atoms with Crippen molar-refractivity contribution in [1.82, 2.24) is 9.97 Å². The molecule has 0 fully saturated rings. The number of aryl methyl sites for hydroxylation is 1. The Labute approximate surface area is 75.0 Å². The van der Waals surface area contributed by atoms with Gasteiger partial charge in [0, 0.05) is 12.7 Å². The maximum Gasteiger partial charge on any atom is 0.323 e. The molecule has 0 bridgehead atoms. The lowest BCUT2D eigenvalue weighted by atomic mass is 10.2. The molecule has 2 aromatic rings. The van der Waals surface area contributed by atoms with Gasteiger partial charge in [-0.25, -0.2) is 4.79 Å². The van der Waals surface area contributed by atoms with Crippen molar-refractivity contribution < 1.29 is 0 Å². The predicted octanol–water partition coefficient (Wildman–Crippen LogP) is 1.21. The zero-order chi connectivity index (χ0) is 9.42. The van der Waals surface area contributed by atoms with Crippen LogP contribution >= 0.6 is 0 Å². The number of hydrogen-bond acceptors (Lipinski definition) is 2. The van der Waals surface area contributed by atoms with Gasteiger partial charge in [-0.15, -0.1) is 0 Å². The van der Waals surface area contributed by atoms with Crippen molar-refractivity contribution in [2.24, 2.45) is 0 Å². The van der Waals surface area contributed by atoms with Crippen molar-refractivity contribution in [2.75, 3.05) is 12.4 Å². The number of H-pyrrole nitrogens is 2. The molecule has 0 atom stereocenters. The number of hydrogen-bond donors (Lipinski definition) is 3. The van der Waals surface area contributed by atoms with E-state index in [1.165, 1.54) is 0 Å². The van der Waals surface area contributed by atoms with Crippen LogP contribution in [0.25, 0.3) is 11.0 Å². The maximum absolute atomic E-state index is 11.0. The molecule has 0 radical (unpaired) electrons. The molecule has 13 heavy (non-hydrogen) atoms. The summed E-state index contributed by atoms with van der Waals surface area (Å²) in [5.74, 6) is 0. The molecule has 0 unspecified atom stereocenters. The lowest BCUT2D eigenvalue weighted by molar-refractivity contribution is 1.21. The summed E-state index contributed by atoms with van der Waals surface area (Å²) < 4.78 is 0. The van der Waals surface area contributed by atoms with Crippen molar-refractivity contribution in [1.29, 1.82) is 0 Å². The topological polar surface area (TPSA) is 60.7 Å². The second kappa shape index (κ2) is 2.65. The van der Waals surface area contributed by atoms with Crippen molar-refractivity contribution in [3.8, 4) is 0 Å². The third-order valence-corrected chi connectivity index (χ3v) is 2.11. The lowest BCUT2D eigenvalue weighted by Gasteiger charge is -2.01. The van der Waals surface area contributed by atoms with E-state index < -0.39 is 0 Å². The Morgan fingerprint density at radius 1 is 1.31 bits per heavy atom. The molecule has 0 aliphatic heterocycles. The van der Waals surface area contributed by atoms with Gasteiger partial charge in [0.25, 0.3) is 0 Å². The number of imidazole rings is 1. The second-order valence-corrected chi connectivity index (χ2v) is 3.04. The molecule has 0 aliphatic carbocycles. The van der Waals surface area contributed by atoms with Gasteiger partial charge >= 0.3 is 5.69 Å². The Balaban J connectivity index is 2.83. The molecule has 2 rings (SSSR count). The van der Waals surface area contributed by atoms with Gasteiger partial charge in [0.1, 0.15) is 0 Å². The van der Waals surface area contributed by atoms with Gasteiger partial charge in [0.05, 0.1) is 11.0 Å². The molecule has 0 spiro atoms. The number of anilines is 1. The van der Waals surface area contributed by atoms with E-state index in [9.17, 15) is 4.79 Å². The molecule has 4 heteroatoms. The third-order valence-electron chi connectivity index (χ3n) is 2.11. The van der Waals surface area contributed by atoms with E-state index in [1.807, 2.05) is 26.1 Å². The van der Waals surface area contributed by atoms with E-state index in [1.54, 1.807) is 0 Å². The van der Waals surface area contributed by atoms with Crippen LogP contribution in [0.2, 0.25) is 0 Å². The number of nitrogens with one attached hydrogen (secondary N) is 3. The first-order valence-electron chi connectivity index (χ1n) is 4.11. The van der Waals surface area contributed by atoms with Crippen molar-refractivity contribution in [3.05, 3.63) is 28.2 Å². The summed E-state index contributed by atoms with van der Waals surface area (Å²) in [4.78, 5) is 16.5. The normalized spacial score (nSPS) is 10.6. The van der Waals surface area contributed by atoms with Crippen LogP contribution in [0.1, 0.15) is 5.56 Å². The van der Waals surface area contributed by atoms with Gasteiger partial charge in [0.2, 0.25) is 0 Å². The third kappa shape index (κ3) is 1.20. The van der Waals surface area contributed by atoms with Gasteiger partial charge in [0.15, 0.2) is 0 Å². The van der Waals surface area contributed by atoms with Crippen LogP contribution in [0.15, 0.2) is 16.9 Å². The van der Waals surface area contributed by atoms with Gasteiger partial charge in [-0.1, -0.05) is 0 Å². The first-order valence-corrected chi connectivity index (χ1v) is 4.11. The van der Waals surface area contributed by atoms with Crippen LogP contribution in [-0.4, -0.2) is 17.0 Å². The largest absolute Gasteiger partial charge is 0.388 e. The van der Waals surface area contributed by atoms with Crippen molar-refractivity contribution in [3.63, 3.8) is 0 Å². The van der Waals surface area contributed by atoms with E-state index in [0.717, 1.165) is 22.3 Å². The molecule has 68 valence electrons. The molecule has 1 heterocycles. The lowest BCUT2D eigenvalue weighted by Crippen LogP contribution is -1.99. The van der Waals surface area contributed by atoms with Gasteiger partial charge in [-0.3, -0.25) is 0 Å². The molecule has 0 amide bonds. The van der Waals surface area contributed by atoms with Crippen LogP contribution in [0.3, 0.4) is 0 Å². The van der Waals surface area contributed by atoms with Crippen LogP contribution in [-0.2, 0) is 0 Å². The van der Waals surface area contributed by atoms with Gasteiger partial charge in [-0.2, -0.15) is 0 Å². The summed E-state index contributed by atoms with van der Waals surface area (Å²) in [6.45, 7) is 1.97. The van der Waals surface area contributed by atoms with Crippen LogP contribution < -0.4 is 11.0 Å². The van der Waals surface area contributed by atoms with Crippen molar-refractivity contribution in [2.45, 2.75) is 6.92 Å². The van der Waals surface area contributed by atoms with Crippen LogP contribution in [0.5, 0.6) is 0 Å². The summed E-state index contributed by atoms with van der Waals surface area (Å²) >= 11 is 0. The molecule has 0 saturated heterocycles. The summed E-state index contributed by atoms with van der Waals surface area (Å²) in [6.07, 6.45) is 0. The number of aromatic amines is 2. The standard InChI is InChI=1S/C9H11N3O/c1-5-3-6(10-2)4-7-8(5)12-9(13)11-7/h3-4,10H,1-2H3,(H2,11,12,13). The Morgan fingerprint density at radius 3 is 2.77 bits per heavy atom. The minimum Gasteiger partial charge on any atom is -0.388 e. The molecule has 1 aromatic carbocycles. The zero-order valence-corrected chi connectivity index (χ0v) is 7.56. The first-order chi connectivity index (χ1) is 6.20. The van der Waals surface area contributed by atoms with Gasteiger partial charge in [-0.05, 0) is 24.6 Å². The van der Waals surface area contributed by atoms with Crippen molar-refractivity contribution >= 4 is 16.7 Å². The Morgan fingerprint density at radius 2 is 2.08 bits per heavy atom. The van der Waals surface area contributed by atoms with Crippen LogP contribution in [0.4, 0.5) is 5.69 Å². The minimum atomic E-state index is -0.161. The fourth-order valence-electron chi connectivity index (χ4n) is 1.46. The number of benzene rings is 1. The SMILES string of the molecule is CNc1cc(C)c2[nH]c(=O)[nH]c2c1. The van der Waals surface area contributed by atoms with Crippen LogP contribution in [0, 0.1) is 6.92 Å². The van der Waals surface area contributed by atoms with E-state index in [0.29, 0.717) is 0 Å². The molecular formula is C9H11N3O. The molecule has 1 aromatic heterocycles. The Kier molecular flexibility index (Phi) is 1.62. The molecule has 4 nitrogen and oxygen atoms in total. The summed E-state index contributed by atoms with van der Waals surface area (Å²) in [5.41, 5.74) is 3.62. The van der Waals surface area contributed by atoms with E-state index in [4.69, 9.17) is 0 Å². The van der Waals surface area contributed by atoms with E-state index >= 15 is 0 Å². The average Bonchev–Trinajstić information content (AvgIpc) is 2.46. The fourth-order valence-corrected chi connectivity index (χ4v) is 1.46.